The summed E-state index contributed by atoms with van der Waals surface area (Å²) in [5.74, 6) is -0.360. The molecule has 4 heteroatoms. The van der Waals surface area contributed by atoms with Gasteiger partial charge in [0.25, 0.3) is 5.91 Å². The summed E-state index contributed by atoms with van der Waals surface area (Å²) in [4.78, 5) is 24.5. The summed E-state index contributed by atoms with van der Waals surface area (Å²) in [6.45, 7) is 1.83. The Morgan fingerprint density at radius 1 is 1.09 bits per heavy atom. The summed E-state index contributed by atoms with van der Waals surface area (Å²) in [5, 5.41) is 1.55. The molecule has 0 saturated carbocycles. The number of carbonyl (C=O) groups excluding carboxylic acids is 2. The van der Waals surface area contributed by atoms with Gasteiger partial charge in [0.05, 0.1) is 17.3 Å². The van der Waals surface area contributed by atoms with Gasteiger partial charge in [0.15, 0.2) is 0 Å². The molecule has 0 fully saturated rings. The van der Waals surface area contributed by atoms with Crippen LogP contribution in [0.15, 0.2) is 54.6 Å². The average molecular weight is 294 g/mol. The number of nitrogens with one attached hydrogen (secondary N) is 1. The van der Waals surface area contributed by atoms with Gasteiger partial charge in [-0.2, -0.15) is 0 Å². The number of hydrogen-bond acceptors (Lipinski definition) is 3. The normalized spacial score (nSPS) is 16.5. The van der Waals surface area contributed by atoms with Gasteiger partial charge in [0.2, 0.25) is 0 Å². The molecule has 112 valence electrons. The monoisotopic (exact) mass is 294 g/mol. The SMILES string of the molecule is CCC(=O)CC1C(=O)N(Nc2ccccc2)c2ccccc21. The van der Waals surface area contributed by atoms with Crippen LogP contribution in [-0.4, -0.2) is 11.7 Å². The van der Waals surface area contributed by atoms with Gasteiger partial charge in [0.1, 0.15) is 5.78 Å². The Bertz CT molecular complexity index is 697. The summed E-state index contributed by atoms with van der Waals surface area (Å²) < 4.78 is 0. The van der Waals surface area contributed by atoms with Crippen LogP contribution < -0.4 is 10.4 Å². The van der Waals surface area contributed by atoms with Crippen molar-refractivity contribution >= 4 is 23.1 Å². The van der Waals surface area contributed by atoms with E-state index >= 15 is 0 Å². The van der Waals surface area contributed by atoms with Gasteiger partial charge in [0, 0.05) is 12.8 Å². The standard InChI is InChI=1S/C18H18N2O2/c1-2-14(21)12-16-15-10-6-7-11-17(15)20(18(16)22)19-13-8-4-3-5-9-13/h3-11,16,19H,2,12H2,1H3. The number of amides is 1. The van der Waals surface area contributed by atoms with E-state index < -0.39 is 0 Å². The largest absolute Gasteiger partial charge is 0.300 e. The number of anilines is 2. The minimum atomic E-state index is -0.389. The van der Waals surface area contributed by atoms with E-state index in [0.717, 1.165) is 16.9 Å². The maximum Gasteiger partial charge on any atom is 0.253 e. The molecule has 1 atom stereocenters. The molecule has 0 aliphatic carbocycles. The fraction of sp³-hybridized carbons (Fsp3) is 0.222. The summed E-state index contributed by atoms with van der Waals surface area (Å²) in [6, 6.07) is 17.2. The van der Waals surface area contributed by atoms with Crippen molar-refractivity contribution in [2.45, 2.75) is 25.7 Å². The molecule has 3 rings (SSSR count). The molecule has 0 radical (unpaired) electrons. The van der Waals surface area contributed by atoms with Crippen molar-refractivity contribution in [2.24, 2.45) is 0 Å². The zero-order valence-electron chi connectivity index (χ0n) is 12.5. The molecule has 2 aromatic rings. The second-order valence-corrected chi connectivity index (χ2v) is 5.36. The van der Waals surface area contributed by atoms with Gasteiger partial charge >= 0.3 is 0 Å². The number of fused-ring (bicyclic) bond motifs is 1. The number of ketones is 1. The number of para-hydroxylation sites is 2. The lowest BCUT2D eigenvalue weighted by Crippen LogP contribution is -2.34. The molecule has 1 aliphatic heterocycles. The van der Waals surface area contributed by atoms with Gasteiger partial charge < -0.3 is 0 Å². The molecule has 4 nitrogen and oxygen atoms in total. The van der Waals surface area contributed by atoms with Crippen molar-refractivity contribution in [1.29, 1.82) is 0 Å². The highest BCUT2D eigenvalue weighted by Crippen LogP contribution is 2.39. The predicted molar refractivity (Wildman–Crippen MR) is 86.6 cm³/mol. The lowest BCUT2D eigenvalue weighted by Gasteiger charge is -2.20. The van der Waals surface area contributed by atoms with E-state index in [9.17, 15) is 9.59 Å². The van der Waals surface area contributed by atoms with Crippen LogP contribution in [0.3, 0.4) is 0 Å². The van der Waals surface area contributed by atoms with Crippen LogP contribution >= 0.6 is 0 Å². The van der Waals surface area contributed by atoms with Crippen LogP contribution in [0.25, 0.3) is 0 Å². The molecule has 22 heavy (non-hydrogen) atoms. The Labute approximate surface area is 129 Å². The minimum absolute atomic E-state index is 0.0770. The predicted octanol–water partition coefficient (Wildman–Crippen LogP) is 3.51. The third-order valence-corrected chi connectivity index (χ3v) is 3.91. The third kappa shape index (κ3) is 2.60. The summed E-state index contributed by atoms with van der Waals surface area (Å²) in [6.07, 6.45) is 0.720. The number of hydrogen-bond donors (Lipinski definition) is 1. The summed E-state index contributed by atoms with van der Waals surface area (Å²) in [5.41, 5.74) is 5.72. The lowest BCUT2D eigenvalue weighted by atomic mass is 9.94. The van der Waals surface area contributed by atoms with E-state index in [0.29, 0.717) is 6.42 Å². The number of rotatable bonds is 5. The van der Waals surface area contributed by atoms with E-state index in [1.807, 2.05) is 61.5 Å². The second kappa shape index (κ2) is 6.02. The molecule has 2 aromatic carbocycles. The van der Waals surface area contributed by atoms with Crippen LogP contribution in [0, 0.1) is 0 Å². The smallest absolute Gasteiger partial charge is 0.253 e. The van der Waals surface area contributed by atoms with Crippen molar-refractivity contribution in [3.05, 3.63) is 60.2 Å². The zero-order valence-corrected chi connectivity index (χ0v) is 12.5. The van der Waals surface area contributed by atoms with E-state index in [1.54, 1.807) is 5.01 Å². The number of nitrogens with zero attached hydrogens (tertiary/aromatic N) is 1. The van der Waals surface area contributed by atoms with Gasteiger partial charge in [-0.3, -0.25) is 15.0 Å². The molecule has 0 bridgehead atoms. The molecule has 0 spiro atoms. The Kier molecular flexibility index (Phi) is 3.92. The van der Waals surface area contributed by atoms with Crippen LogP contribution in [0.4, 0.5) is 11.4 Å². The average Bonchev–Trinajstić information content (AvgIpc) is 2.82. The lowest BCUT2D eigenvalue weighted by molar-refractivity contribution is -0.124. The van der Waals surface area contributed by atoms with Crippen LogP contribution in [-0.2, 0) is 9.59 Å². The number of hydrazine groups is 1. The van der Waals surface area contributed by atoms with Crippen molar-refractivity contribution in [2.75, 3.05) is 10.4 Å². The third-order valence-electron chi connectivity index (χ3n) is 3.91. The number of carbonyl (C=O) groups is 2. The first-order valence-corrected chi connectivity index (χ1v) is 7.47. The second-order valence-electron chi connectivity index (χ2n) is 5.36. The highest BCUT2D eigenvalue weighted by atomic mass is 16.2. The Balaban J connectivity index is 1.92. The van der Waals surface area contributed by atoms with E-state index in [4.69, 9.17) is 0 Å². The Morgan fingerprint density at radius 3 is 2.50 bits per heavy atom. The highest BCUT2D eigenvalue weighted by molar-refractivity contribution is 6.08. The van der Waals surface area contributed by atoms with Crippen molar-refractivity contribution in [3.8, 4) is 0 Å². The first-order chi connectivity index (χ1) is 10.7. The van der Waals surface area contributed by atoms with Gasteiger partial charge in [-0.25, -0.2) is 5.01 Å². The molecule has 1 aliphatic rings. The fourth-order valence-electron chi connectivity index (χ4n) is 2.72. The maximum atomic E-state index is 12.7. The van der Waals surface area contributed by atoms with E-state index in [1.165, 1.54) is 0 Å². The maximum absolute atomic E-state index is 12.7. The topological polar surface area (TPSA) is 49.4 Å². The van der Waals surface area contributed by atoms with Crippen molar-refractivity contribution in [3.63, 3.8) is 0 Å². The highest BCUT2D eigenvalue weighted by Gasteiger charge is 2.38. The Hall–Kier alpha value is -2.62. The fourth-order valence-corrected chi connectivity index (χ4v) is 2.72. The van der Waals surface area contributed by atoms with Gasteiger partial charge in [-0.1, -0.05) is 43.3 Å². The first kappa shape index (κ1) is 14.3. The molecule has 1 heterocycles. The zero-order chi connectivity index (χ0) is 15.5. The molecular formula is C18H18N2O2. The molecule has 1 N–H and O–H groups in total. The Morgan fingerprint density at radius 2 is 1.77 bits per heavy atom. The molecule has 0 aromatic heterocycles. The van der Waals surface area contributed by atoms with E-state index in [2.05, 4.69) is 5.43 Å². The number of benzene rings is 2. The first-order valence-electron chi connectivity index (χ1n) is 7.47. The number of Topliss-reactive ketones (excluding diaryl/α,β-unsaturated/α-hetero) is 1. The van der Waals surface area contributed by atoms with Crippen LogP contribution in [0.1, 0.15) is 31.2 Å². The van der Waals surface area contributed by atoms with E-state index in [-0.39, 0.29) is 24.0 Å². The van der Waals surface area contributed by atoms with Crippen LogP contribution in [0.2, 0.25) is 0 Å². The molecule has 1 amide bonds. The van der Waals surface area contributed by atoms with Gasteiger partial charge in [-0.15, -0.1) is 0 Å². The van der Waals surface area contributed by atoms with Crippen molar-refractivity contribution in [1.82, 2.24) is 0 Å². The van der Waals surface area contributed by atoms with Gasteiger partial charge in [-0.05, 0) is 23.8 Å². The van der Waals surface area contributed by atoms with Crippen molar-refractivity contribution < 1.29 is 9.59 Å². The minimum Gasteiger partial charge on any atom is -0.300 e. The molecule has 0 saturated heterocycles. The molecule has 1 unspecified atom stereocenters. The molecular weight excluding hydrogens is 276 g/mol. The summed E-state index contributed by atoms with van der Waals surface area (Å²) in [7, 11) is 0. The quantitative estimate of drug-likeness (QED) is 0.918. The van der Waals surface area contributed by atoms with Crippen LogP contribution in [0.5, 0.6) is 0 Å². The summed E-state index contributed by atoms with van der Waals surface area (Å²) >= 11 is 0.